The van der Waals surface area contributed by atoms with E-state index in [1.807, 2.05) is 11.8 Å². The lowest BCUT2D eigenvalue weighted by Crippen LogP contribution is -2.67. The molecule has 150 valence electrons. The highest BCUT2D eigenvalue weighted by Gasteiger charge is 2.70. The summed E-state index contributed by atoms with van der Waals surface area (Å²) in [5.41, 5.74) is 0.199. The van der Waals surface area contributed by atoms with E-state index in [0.717, 1.165) is 25.0 Å². The molecule has 0 radical (unpaired) electrons. The van der Waals surface area contributed by atoms with Gasteiger partial charge in [0.1, 0.15) is 6.10 Å². The van der Waals surface area contributed by atoms with Gasteiger partial charge < -0.3 is 9.58 Å². The first-order valence-corrected chi connectivity index (χ1v) is 12.2. The number of esters is 1. The van der Waals surface area contributed by atoms with E-state index in [-0.39, 0.29) is 28.4 Å². The molecule has 4 heteroatoms. The molecule has 5 fully saturated rings. The van der Waals surface area contributed by atoms with E-state index >= 15 is 0 Å². The van der Waals surface area contributed by atoms with Crippen molar-refractivity contribution >= 4 is 17.7 Å². The van der Waals surface area contributed by atoms with Gasteiger partial charge in [-0.1, -0.05) is 6.92 Å². The van der Waals surface area contributed by atoms with Gasteiger partial charge in [-0.15, -0.1) is 0 Å². The van der Waals surface area contributed by atoms with Crippen LogP contribution >= 0.6 is 11.8 Å². The standard InChI is InChI=1S/C23H35NO2S/c1-15(25)26-20-17(14-27-5)16-7-11-23(20)12-8-18-21(2,19(23)13-16)9-6-10-22(18,3)24-4/h16-20H,6-14H2,1-3,5H3/t16-,17+,18+,19+,20-,21-,22-,23+/m1/s1. The minimum absolute atomic E-state index is 0.0962. The van der Waals surface area contributed by atoms with Crippen molar-refractivity contribution in [2.75, 3.05) is 12.0 Å². The molecule has 0 unspecified atom stereocenters. The van der Waals surface area contributed by atoms with Crippen molar-refractivity contribution in [2.24, 2.45) is 34.5 Å². The fourth-order valence-corrected chi connectivity index (χ4v) is 9.18. The Hall–Kier alpha value is -0.690. The van der Waals surface area contributed by atoms with Crippen LogP contribution in [0.2, 0.25) is 0 Å². The second-order valence-corrected chi connectivity index (χ2v) is 11.3. The highest BCUT2D eigenvalue weighted by atomic mass is 32.2. The van der Waals surface area contributed by atoms with E-state index in [2.05, 4.69) is 24.9 Å². The summed E-state index contributed by atoms with van der Waals surface area (Å²) in [4.78, 5) is 16.2. The van der Waals surface area contributed by atoms with Crippen LogP contribution in [0.15, 0.2) is 0 Å². The lowest BCUT2D eigenvalue weighted by molar-refractivity contribution is -0.239. The van der Waals surface area contributed by atoms with Crippen molar-refractivity contribution < 1.29 is 9.53 Å². The molecule has 27 heavy (non-hydrogen) atoms. The number of hydrogen-bond donors (Lipinski definition) is 0. The van der Waals surface area contributed by atoms with Crippen LogP contribution in [0.4, 0.5) is 0 Å². The van der Waals surface area contributed by atoms with Crippen molar-refractivity contribution in [3.8, 4) is 0 Å². The Morgan fingerprint density at radius 2 is 1.93 bits per heavy atom. The quantitative estimate of drug-likeness (QED) is 0.465. The zero-order valence-electron chi connectivity index (χ0n) is 17.4. The maximum atomic E-state index is 12.1. The molecule has 2 bridgehead atoms. The first-order chi connectivity index (χ1) is 12.8. The van der Waals surface area contributed by atoms with Crippen LogP contribution in [0.1, 0.15) is 72.1 Å². The Bertz CT molecular complexity index is 659. The summed E-state index contributed by atoms with van der Waals surface area (Å²) in [5, 5.41) is 0. The van der Waals surface area contributed by atoms with Crippen molar-refractivity contribution in [2.45, 2.75) is 83.8 Å². The lowest BCUT2D eigenvalue weighted by atomic mass is 9.36. The number of thioether (sulfide) groups is 1. The molecule has 0 aliphatic heterocycles. The van der Waals surface area contributed by atoms with Crippen LogP contribution in [0.3, 0.4) is 0 Å². The number of hydrogen-bond acceptors (Lipinski definition) is 3. The van der Waals surface area contributed by atoms with E-state index in [1.165, 1.54) is 32.1 Å². The van der Waals surface area contributed by atoms with Gasteiger partial charge in [-0.2, -0.15) is 11.8 Å². The summed E-state index contributed by atoms with van der Waals surface area (Å²) in [5.74, 6) is 3.33. The molecule has 0 amide bonds. The predicted molar refractivity (Wildman–Crippen MR) is 110 cm³/mol. The molecule has 0 aromatic heterocycles. The highest BCUT2D eigenvalue weighted by Crippen LogP contribution is 2.72. The van der Waals surface area contributed by atoms with Crippen molar-refractivity contribution in [1.82, 2.24) is 0 Å². The lowest BCUT2D eigenvalue weighted by Gasteiger charge is -2.69. The summed E-state index contributed by atoms with van der Waals surface area (Å²) < 4.78 is 6.14. The summed E-state index contributed by atoms with van der Waals surface area (Å²) in [7, 11) is 0. The molecule has 0 saturated heterocycles. The van der Waals surface area contributed by atoms with E-state index < -0.39 is 0 Å². The molecular weight excluding hydrogens is 354 g/mol. The third-order valence-corrected chi connectivity index (χ3v) is 10.0. The van der Waals surface area contributed by atoms with Gasteiger partial charge in [0, 0.05) is 37.5 Å². The summed E-state index contributed by atoms with van der Waals surface area (Å²) in [6.45, 7) is 14.2. The largest absolute Gasteiger partial charge is 0.462 e. The molecule has 0 N–H and O–H groups in total. The van der Waals surface area contributed by atoms with E-state index in [4.69, 9.17) is 11.3 Å². The van der Waals surface area contributed by atoms with Gasteiger partial charge >= 0.3 is 5.97 Å². The molecule has 5 aliphatic carbocycles. The molecule has 5 aliphatic rings. The van der Waals surface area contributed by atoms with Crippen LogP contribution in [0, 0.1) is 41.1 Å². The van der Waals surface area contributed by atoms with Crippen molar-refractivity contribution in [3.05, 3.63) is 11.4 Å². The first-order valence-electron chi connectivity index (χ1n) is 10.9. The average molecular weight is 390 g/mol. The maximum absolute atomic E-state index is 12.1. The number of ether oxygens (including phenoxy) is 1. The number of rotatable bonds is 3. The van der Waals surface area contributed by atoms with Gasteiger partial charge in [-0.05, 0) is 74.2 Å². The van der Waals surface area contributed by atoms with Gasteiger partial charge in [0.2, 0.25) is 5.54 Å². The van der Waals surface area contributed by atoms with Crippen molar-refractivity contribution in [1.29, 1.82) is 0 Å². The number of fused-ring (bicyclic) bond motifs is 3. The fourth-order valence-electron chi connectivity index (χ4n) is 8.34. The van der Waals surface area contributed by atoms with Crippen LogP contribution < -0.4 is 0 Å². The normalized spacial score (nSPS) is 51.0. The van der Waals surface area contributed by atoms with Crippen LogP contribution in [-0.4, -0.2) is 29.6 Å². The van der Waals surface area contributed by atoms with Gasteiger partial charge in [0.25, 0.3) is 0 Å². The topological polar surface area (TPSA) is 30.7 Å². The Balaban J connectivity index is 1.75. The maximum Gasteiger partial charge on any atom is 0.302 e. The highest BCUT2D eigenvalue weighted by molar-refractivity contribution is 7.98. The second kappa shape index (κ2) is 6.68. The zero-order valence-corrected chi connectivity index (χ0v) is 18.2. The fraction of sp³-hybridized carbons (Fsp3) is 0.913. The summed E-state index contributed by atoms with van der Waals surface area (Å²) in [6, 6.07) is 0. The summed E-state index contributed by atoms with van der Waals surface area (Å²) >= 11 is 1.91. The Labute approximate surface area is 169 Å². The Morgan fingerprint density at radius 1 is 1.19 bits per heavy atom. The molecular formula is C23H35NO2S. The SMILES string of the molecule is [C-]#[N+][C@]1(C)CCC[C@@]2(C)[C@@H]3C[C@H]4CC[C@@]3(CC[C@@H]21)[C@H](OC(C)=O)[C@H]4CSC. The minimum atomic E-state index is -0.194. The minimum Gasteiger partial charge on any atom is -0.462 e. The Kier molecular flexibility index (Phi) is 4.86. The molecule has 5 rings (SSSR count). The van der Waals surface area contributed by atoms with Crippen LogP contribution in [0.5, 0.6) is 0 Å². The van der Waals surface area contributed by atoms with Gasteiger partial charge in [-0.25, -0.2) is 6.57 Å². The van der Waals surface area contributed by atoms with E-state index in [1.54, 1.807) is 6.92 Å². The monoisotopic (exact) mass is 389 g/mol. The molecule has 8 atom stereocenters. The van der Waals surface area contributed by atoms with Gasteiger partial charge in [0.15, 0.2) is 0 Å². The second-order valence-electron chi connectivity index (χ2n) is 10.4. The molecule has 0 heterocycles. The molecule has 3 nitrogen and oxygen atoms in total. The number of nitrogens with zero attached hydrogens (tertiary/aromatic N) is 1. The van der Waals surface area contributed by atoms with Crippen LogP contribution in [-0.2, 0) is 9.53 Å². The van der Waals surface area contributed by atoms with E-state index in [0.29, 0.717) is 23.7 Å². The molecule has 1 spiro atoms. The Morgan fingerprint density at radius 3 is 2.59 bits per heavy atom. The third kappa shape index (κ3) is 2.70. The van der Waals surface area contributed by atoms with Crippen molar-refractivity contribution in [3.63, 3.8) is 0 Å². The van der Waals surface area contributed by atoms with Crippen LogP contribution in [0.25, 0.3) is 4.85 Å². The van der Waals surface area contributed by atoms with E-state index in [9.17, 15) is 4.79 Å². The predicted octanol–water partition coefficient (Wildman–Crippen LogP) is 5.59. The number of carbonyl (C=O) groups excluding carboxylic acids is 1. The number of carbonyl (C=O) groups is 1. The van der Waals surface area contributed by atoms with Gasteiger partial charge in [0.05, 0.1) is 0 Å². The molecule has 0 aromatic carbocycles. The zero-order chi connectivity index (χ0) is 19.4. The first kappa shape index (κ1) is 19.6. The molecule has 0 aromatic rings. The average Bonchev–Trinajstić information content (AvgIpc) is 2.63. The smallest absolute Gasteiger partial charge is 0.302 e. The molecule has 5 saturated carbocycles. The van der Waals surface area contributed by atoms with Gasteiger partial charge in [-0.3, -0.25) is 4.79 Å². The summed E-state index contributed by atoms with van der Waals surface area (Å²) in [6.07, 6.45) is 11.9. The third-order valence-electron chi connectivity index (χ3n) is 9.32.